The van der Waals surface area contributed by atoms with Gasteiger partial charge in [-0.05, 0) is 18.2 Å². The number of nitrogens with one attached hydrogen (secondary N) is 2. The molecule has 0 saturated heterocycles. The molecular weight excluding hydrogens is 278 g/mol. The minimum Gasteiger partial charge on any atom is -0.496 e. The number of aromatic nitrogens is 1. The molecule has 2 aromatic rings. The van der Waals surface area contributed by atoms with Crippen molar-refractivity contribution in [2.24, 2.45) is 0 Å². The molecule has 0 aliphatic heterocycles. The number of rotatable bonds is 8. The molecule has 0 aliphatic carbocycles. The van der Waals surface area contributed by atoms with Crippen LogP contribution in [0.5, 0.6) is 5.75 Å². The van der Waals surface area contributed by atoms with Gasteiger partial charge in [0.25, 0.3) is 0 Å². The van der Waals surface area contributed by atoms with Crippen LogP contribution in [0.2, 0.25) is 0 Å². The smallest absolute Gasteiger partial charge is 0.221 e. The van der Waals surface area contributed by atoms with Gasteiger partial charge in [-0.2, -0.15) is 0 Å². The molecule has 0 unspecified atom stereocenters. The predicted octanol–water partition coefficient (Wildman–Crippen LogP) is 1.89. The Morgan fingerprint density at radius 2 is 1.95 bits per heavy atom. The van der Waals surface area contributed by atoms with Crippen LogP contribution in [0, 0.1) is 0 Å². The van der Waals surface area contributed by atoms with Gasteiger partial charge in [0.05, 0.1) is 12.8 Å². The van der Waals surface area contributed by atoms with Crippen LogP contribution in [0.4, 0.5) is 0 Å². The van der Waals surface area contributed by atoms with Gasteiger partial charge in [-0.25, -0.2) is 0 Å². The van der Waals surface area contributed by atoms with Gasteiger partial charge in [-0.3, -0.25) is 9.78 Å². The van der Waals surface area contributed by atoms with Gasteiger partial charge < -0.3 is 15.4 Å². The number of carbonyl (C=O) groups is 1. The summed E-state index contributed by atoms with van der Waals surface area (Å²) in [7, 11) is 1.63. The van der Waals surface area contributed by atoms with Crippen LogP contribution < -0.4 is 15.4 Å². The maximum atomic E-state index is 11.8. The summed E-state index contributed by atoms with van der Waals surface area (Å²) in [6.07, 6.45) is 2.19. The largest absolute Gasteiger partial charge is 0.496 e. The number of hydrogen-bond donors (Lipinski definition) is 2. The van der Waals surface area contributed by atoms with Gasteiger partial charge >= 0.3 is 0 Å². The lowest BCUT2D eigenvalue weighted by Crippen LogP contribution is -2.27. The number of methoxy groups -OCH3 is 1. The molecule has 22 heavy (non-hydrogen) atoms. The highest BCUT2D eigenvalue weighted by atomic mass is 16.5. The van der Waals surface area contributed by atoms with Crippen LogP contribution in [0.3, 0.4) is 0 Å². The van der Waals surface area contributed by atoms with Gasteiger partial charge in [0.2, 0.25) is 5.91 Å². The summed E-state index contributed by atoms with van der Waals surface area (Å²) in [5.74, 6) is 0.801. The van der Waals surface area contributed by atoms with Gasteiger partial charge in [-0.1, -0.05) is 24.3 Å². The highest BCUT2D eigenvalue weighted by Crippen LogP contribution is 2.16. The fraction of sp³-hybridized carbons (Fsp3) is 0.294. The molecule has 1 aromatic carbocycles. The Hall–Kier alpha value is -2.40. The molecule has 1 aromatic heterocycles. The molecule has 2 N–H and O–H groups in total. The molecule has 0 spiro atoms. The number of pyridine rings is 1. The zero-order valence-electron chi connectivity index (χ0n) is 12.7. The minimum atomic E-state index is 0.0134. The summed E-state index contributed by atoms with van der Waals surface area (Å²) in [5, 5.41) is 6.10. The van der Waals surface area contributed by atoms with Crippen molar-refractivity contribution in [2.45, 2.75) is 19.5 Å². The third kappa shape index (κ3) is 5.18. The van der Waals surface area contributed by atoms with E-state index in [-0.39, 0.29) is 5.91 Å². The quantitative estimate of drug-likeness (QED) is 0.731. The van der Waals surface area contributed by atoms with E-state index in [4.69, 9.17) is 4.74 Å². The van der Waals surface area contributed by atoms with Gasteiger partial charge in [0.1, 0.15) is 5.75 Å². The average Bonchev–Trinajstić information content (AvgIpc) is 2.58. The van der Waals surface area contributed by atoms with Crippen molar-refractivity contribution in [3.8, 4) is 5.75 Å². The Balaban J connectivity index is 1.66. The first-order valence-electron chi connectivity index (χ1n) is 7.29. The van der Waals surface area contributed by atoms with Crippen molar-refractivity contribution in [2.75, 3.05) is 13.7 Å². The molecule has 0 fully saturated rings. The second-order valence-electron chi connectivity index (χ2n) is 4.84. The number of hydrogen-bond acceptors (Lipinski definition) is 4. The Morgan fingerprint density at radius 1 is 1.14 bits per heavy atom. The molecule has 0 aliphatic rings. The van der Waals surface area contributed by atoms with E-state index in [0.717, 1.165) is 17.0 Å². The van der Waals surface area contributed by atoms with E-state index in [1.807, 2.05) is 42.5 Å². The maximum Gasteiger partial charge on any atom is 0.221 e. The molecule has 0 radical (unpaired) electrons. The van der Waals surface area contributed by atoms with E-state index >= 15 is 0 Å². The topological polar surface area (TPSA) is 63.2 Å². The lowest BCUT2D eigenvalue weighted by molar-refractivity contribution is -0.121. The second-order valence-corrected chi connectivity index (χ2v) is 4.84. The van der Waals surface area contributed by atoms with Gasteiger partial charge in [0, 0.05) is 37.8 Å². The first-order chi connectivity index (χ1) is 10.8. The molecule has 5 nitrogen and oxygen atoms in total. The molecule has 0 saturated carbocycles. The van der Waals surface area contributed by atoms with Gasteiger partial charge in [-0.15, -0.1) is 0 Å². The van der Waals surface area contributed by atoms with Crippen LogP contribution in [0.1, 0.15) is 17.7 Å². The fourth-order valence-electron chi connectivity index (χ4n) is 2.05. The van der Waals surface area contributed by atoms with Crippen LogP contribution in [0.25, 0.3) is 0 Å². The van der Waals surface area contributed by atoms with Crippen molar-refractivity contribution in [3.63, 3.8) is 0 Å². The molecule has 1 amide bonds. The standard InChI is InChI=1S/C17H21N3O2/c1-22-16-8-3-2-6-14(16)12-20-17(21)9-11-18-13-15-7-4-5-10-19-15/h2-8,10,18H,9,11-13H2,1H3,(H,20,21). The van der Waals surface area contributed by atoms with Crippen molar-refractivity contribution in [1.29, 1.82) is 0 Å². The van der Waals surface area contributed by atoms with E-state index in [2.05, 4.69) is 15.6 Å². The molecule has 5 heteroatoms. The average molecular weight is 299 g/mol. The molecule has 116 valence electrons. The number of carbonyl (C=O) groups excluding carboxylic acids is 1. The van der Waals surface area contributed by atoms with Crippen LogP contribution in [-0.2, 0) is 17.9 Å². The molecular formula is C17H21N3O2. The SMILES string of the molecule is COc1ccccc1CNC(=O)CCNCc1ccccn1. The van der Waals surface area contributed by atoms with E-state index in [9.17, 15) is 4.79 Å². The van der Waals surface area contributed by atoms with E-state index in [1.165, 1.54) is 0 Å². The highest BCUT2D eigenvalue weighted by Gasteiger charge is 2.04. The zero-order valence-corrected chi connectivity index (χ0v) is 12.7. The van der Waals surface area contributed by atoms with Crippen molar-refractivity contribution in [3.05, 3.63) is 59.9 Å². The number of benzene rings is 1. The van der Waals surface area contributed by atoms with Crippen molar-refractivity contribution >= 4 is 5.91 Å². The lowest BCUT2D eigenvalue weighted by Gasteiger charge is -2.09. The number of nitrogens with zero attached hydrogens (tertiary/aromatic N) is 1. The molecule has 2 rings (SSSR count). The Kier molecular flexibility index (Phi) is 6.39. The number of para-hydroxylation sites is 1. The molecule has 0 bridgehead atoms. The maximum absolute atomic E-state index is 11.8. The Morgan fingerprint density at radius 3 is 2.73 bits per heavy atom. The van der Waals surface area contributed by atoms with Crippen molar-refractivity contribution < 1.29 is 9.53 Å². The second kappa shape index (κ2) is 8.79. The number of amides is 1. The normalized spacial score (nSPS) is 10.2. The van der Waals surface area contributed by atoms with Crippen LogP contribution in [-0.4, -0.2) is 24.5 Å². The molecule has 0 atom stereocenters. The fourth-order valence-corrected chi connectivity index (χ4v) is 2.05. The lowest BCUT2D eigenvalue weighted by atomic mass is 10.2. The van der Waals surface area contributed by atoms with E-state index in [1.54, 1.807) is 13.3 Å². The van der Waals surface area contributed by atoms with E-state index in [0.29, 0.717) is 26.1 Å². The summed E-state index contributed by atoms with van der Waals surface area (Å²) < 4.78 is 5.25. The Bertz CT molecular complexity index is 587. The first kappa shape index (κ1) is 16.0. The first-order valence-corrected chi connectivity index (χ1v) is 7.29. The summed E-state index contributed by atoms with van der Waals surface area (Å²) >= 11 is 0. The highest BCUT2D eigenvalue weighted by molar-refractivity contribution is 5.76. The summed E-state index contributed by atoms with van der Waals surface area (Å²) in [6, 6.07) is 13.5. The summed E-state index contributed by atoms with van der Waals surface area (Å²) in [5.41, 5.74) is 1.94. The third-order valence-corrected chi connectivity index (χ3v) is 3.23. The number of ether oxygens (including phenoxy) is 1. The summed E-state index contributed by atoms with van der Waals surface area (Å²) in [4.78, 5) is 16.0. The third-order valence-electron chi connectivity index (χ3n) is 3.23. The zero-order chi connectivity index (χ0) is 15.6. The van der Waals surface area contributed by atoms with Gasteiger partial charge in [0.15, 0.2) is 0 Å². The Labute approximate surface area is 130 Å². The molecule has 1 heterocycles. The van der Waals surface area contributed by atoms with Crippen molar-refractivity contribution in [1.82, 2.24) is 15.6 Å². The predicted molar refractivity (Wildman–Crippen MR) is 85.4 cm³/mol. The summed E-state index contributed by atoms with van der Waals surface area (Å²) in [6.45, 7) is 1.76. The van der Waals surface area contributed by atoms with Crippen LogP contribution >= 0.6 is 0 Å². The minimum absolute atomic E-state index is 0.0134. The monoisotopic (exact) mass is 299 g/mol. The van der Waals surface area contributed by atoms with Crippen LogP contribution in [0.15, 0.2) is 48.7 Å². The van der Waals surface area contributed by atoms with E-state index < -0.39 is 0 Å².